The summed E-state index contributed by atoms with van der Waals surface area (Å²) in [4.78, 5) is 4.58. The van der Waals surface area contributed by atoms with E-state index >= 15 is 0 Å². The van der Waals surface area contributed by atoms with E-state index in [9.17, 15) is 0 Å². The maximum absolute atomic E-state index is 5.78. The summed E-state index contributed by atoms with van der Waals surface area (Å²) in [5.41, 5.74) is 10.4. The molecule has 0 aliphatic rings. The van der Waals surface area contributed by atoms with Crippen molar-refractivity contribution in [1.82, 2.24) is 15.2 Å². The van der Waals surface area contributed by atoms with Crippen molar-refractivity contribution in [3.8, 4) is 0 Å². The number of hydrogen-bond donors (Lipinski definition) is 2. The molecule has 0 aromatic carbocycles. The predicted octanol–water partition coefficient (Wildman–Crippen LogP) is 2.04. The molecular weight excluding hydrogens is 270 g/mol. The minimum Gasteiger partial charge on any atom is -0.389 e. The molecule has 0 saturated heterocycles. The smallest absolute Gasteiger partial charge is 0.159 e. The number of aromatic nitrogens is 3. The second-order valence-corrected chi connectivity index (χ2v) is 5.10. The highest BCUT2D eigenvalue weighted by Crippen LogP contribution is 2.18. The molecule has 20 heavy (non-hydrogen) atoms. The minimum absolute atomic E-state index is 0.324. The second kappa shape index (κ2) is 5.92. The van der Waals surface area contributed by atoms with Crippen molar-refractivity contribution in [3.63, 3.8) is 0 Å². The summed E-state index contributed by atoms with van der Waals surface area (Å²) >= 11 is 5.10. The molecule has 0 saturated carbocycles. The number of anilines is 1. The highest BCUT2D eigenvalue weighted by Gasteiger charge is 2.13. The topological polar surface area (TPSA) is 76.7 Å². The molecule has 2 aromatic heterocycles. The van der Waals surface area contributed by atoms with Gasteiger partial charge in [-0.05, 0) is 38.0 Å². The monoisotopic (exact) mass is 287 g/mol. The van der Waals surface area contributed by atoms with Crippen molar-refractivity contribution in [1.29, 1.82) is 0 Å². The van der Waals surface area contributed by atoms with Gasteiger partial charge in [-0.15, -0.1) is 5.10 Å². The standard InChI is InChI=1S/C14H17N5S/c1-8-4-5-11(6-16-8)7-17-14-12(13(15)20)9(2)10(3)18-19-14/h4-6H,7H2,1-3H3,(H2,15,20)(H,17,19). The van der Waals surface area contributed by atoms with Gasteiger partial charge in [0.25, 0.3) is 0 Å². The number of nitrogens with zero attached hydrogens (tertiary/aromatic N) is 3. The third-order valence-electron chi connectivity index (χ3n) is 3.13. The third-order valence-corrected chi connectivity index (χ3v) is 3.34. The quantitative estimate of drug-likeness (QED) is 0.838. The number of pyridine rings is 1. The summed E-state index contributed by atoms with van der Waals surface area (Å²) in [5, 5.41) is 11.5. The first-order valence-electron chi connectivity index (χ1n) is 6.28. The average Bonchev–Trinajstić information content (AvgIpc) is 2.41. The Morgan fingerprint density at radius 3 is 2.60 bits per heavy atom. The van der Waals surface area contributed by atoms with Gasteiger partial charge in [-0.2, -0.15) is 5.10 Å². The van der Waals surface area contributed by atoms with Gasteiger partial charge in [0, 0.05) is 18.4 Å². The summed E-state index contributed by atoms with van der Waals surface area (Å²) in [7, 11) is 0. The summed E-state index contributed by atoms with van der Waals surface area (Å²) in [6.45, 7) is 6.38. The number of aryl methyl sites for hydroxylation is 2. The molecule has 0 aliphatic carbocycles. The zero-order chi connectivity index (χ0) is 14.7. The van der Waals surface area contributed by atoms with Crippen LogP contribution in [0.3, 0.4) is 0 Å². The summed E-state index contributed by atoms with van der Waals surface area (Å²) in [6.07, 6.45) is 1.83. The maximum atomic E-state index is 5.78. The fraction of sp³-hybridized carbons (Fsp3) is 0.286. The van der Waals surface area contributed by atoms with Crippen molar-refractivity contribution in [2.45, 2.75) is 27.3 Å². The van der Waals surface area contributed by atoms with E-state index < -0.39 is 0 Å². The normalized spacial score (nSPS) is 10.3. The van der Waals surface area contributed by atoms with Crippen LogP contribution in [0.1, 0.15) is 28.1 Å². The van der Waals surface area contributed by atoms with Gasteiger partial charge < -0.3 is 11.1 Å². The number of hydrogen-bond acceptors (Lipinski definition) is 5. The van der Waals surface area contributed by atoms with Gasteiger partial charge in [-0.3, -0.25) is 4.98 Å². The van der Waals surface area contributed by atoms with Gasteiger partial charge in [0.15, 0.2) is 5.82 Å². The first-order valence-corrected chi connectivity index (χ1v) is 6.69. The molecule has 0 fully saturated rings. The van der Waals surface area contributed by atoms with Gasteiger partial charge in [-0.25, -0.2) is 0 Å². The van der Waals surface area contributed by atoms with Gasteiger partial charge in [-0.1, -0.05) is 18.3 Å². The van der Waals surface area contributed by atoms with E-state index in [2.05, 4.69) is 20.5 Å². The van der Waals surface area contributed by atoms with Gasteiger partial charge >= 0.3 is 0 Å². The molecule has 5 nitrogen and oxygen atoms in total. The molecule has 0 bridgehead atoms. The molecule has 2 aromatic rings. The maximum Gasteiger partial charge on any atom is 0.159 e. The lowest BCUT2D eigenvalue weighted by atomic mass is 10.1. The second-order valence-electron chi connectivity index (χ2n) is 4.66. The lowest BCUT2D eigenvalue weighted by Crippen LogP contribution is -2.18. The third kappa shape index (κ3) is 3.08. The summed E-state index contributed by atoms with van der Waals surface area (Å²) in [6, 6.07) is 3.99. The first kappa shape index (κ1) is 14.3. The number of nitrogens with one attached hydrogen (secondary N) is 1. The fourth-order valence-electron chi connectivity index (χ4n) is 1.82. The van der Waals surface area contributed by atoms with Crippen molar-refractivity contribution in [3.05, 3.63) is 46.4 Å². The van der Waals surface area contributed by atoms with E-state index in [1.54, 1.807) is 0 Å². The highest BCUT2D eigenvalue weighted by atomic mass is 32.1. The van der Waals surface area contributed by atoms with Crippen LogP contribution in [-0.2, 0) is 6.54 Å². The van der Waals surface area contributed by atoms with Crippen LogP contribution in [0.2, 0.25) is 0 Å². The minimum atomic E-state index is 0.324. The molecule has 104 valence electrons. The molecule has 0 aliphatic heterocycles. The van der Waals surface area contributed by atoms with Gasteiger partial charge in [0.05, 0.1) is 11.3 Å². The summed E-state index contributed by atoms with van der Waals surface area (Å²) in [5.74, 6) is 0.612. The Bertz CT molecular complexity index is 637. The van der Waals surface area contributed by atoms with E-state index in [1.165, 1.54) is 0 Å². The predicted molar refractivity (Wildman–Crippen MR) is 83.7 cm³/mol. The van der Waals surface area contributed by atoms with Crippen LogP contribution >= 0.6 is 12.2 Å². The largest absolute Gasteiger partial charge is 0.389 e. The van der Waals surface area contributed by atoms with E-state index in [-0.39, 0.29) is 0 Å². The van der Waals surface area contributed by atoms with Crippen LogP contribution in [0.4, 0.5) is 5.82 Å². The zero-order valence-corrected chi connectivity index (χ0v) is 12.6. The average molecular weight is 287 g/mol. The molecule has 0 spiro atoms. The van der Waals surface area contributed by atoms with Gasteiger partial charge in [0.1, 0.15) is 4.99 Å². The van der Waals surface area contributed by atoms with Crippen molar-refractivity contribution >= 4 is 23.0 Å². The lowest BCUT2D eigenvalue weighted by Gasteiger charge is -2.13. The molecule has 2 rings (SSSR count). The van der Waals surface area contributed by atoms with Crippen LogP contribution in [0.15, 0.2) is 18.3 Å². The van der Waals surface area contributed by atoms with Crippen molar-refractivity contribution < 1.29 is 0 Å². The van der Waals surface area contributed by atoms with Crippen LogP contribution in [-0.4, -0.2) is 20.2 Å². The van der Waals surface area contributed by atoms with Crippen LogP contribution < -0.4 is 11.1 Å². The molecule has 0 unspecified atom stereocenters. The molecule has 0 radical (unpaired) electrons. The Labute approximate surface area is 123 Å². The van der Waals surface area contributed by atoms with Crippen molar-refractivity contribution in [2.24, 2.45) is 5.73 Å². The van der Waals surface area contributed by atoms with Crippen LogP contribution in [0.5, 0.6) is 0 Å². The molecular formula is C14H17N5S. The molecule has 0 amide bonds. The number of rotatable bonds is 4. The van der Waals surface area contributed by atoms with E-state index in [0.29, 0.717) is 17.4 Å². The fourth-order valence-corrected chi connectivity index (χ4v) is 2.07. The zero-order valence-electron chi connectivity index (χ0n) is 11.8. The molecule has 2 heterocycles. The number of nitrogens with two attached hydrogens (primary N) is 1. The van der Waals surface area contributed by atoms with Gasteiger partial charge in [0.2, 0.25) is 0 Å². The highest BCUT2D eigenvalue weighted by molar-refractivity contribution is 7.80. The van der Waals surface area contributed by atoms with Crippen LogP contribution in [0.25, 0.3) is 0 Å². The Hall–Kier alpha value is -2.08. The van der Waals surface area contributed by atoms with Crippen LogP contribution in [0, 0.1) is 20.8 Å². The molecule has 6 heteroatoms. The Morgan fingerprint density at radius 1 is 1.25 bits per heavy atom. The molecule has 0 atom stereocenters. The Morgan fingerprint density at radius 2 is 2.00 bits per heavy atom. The van der Waals surface area contributed by atoms with E-state index in [4.69, 9.17) is 18.0 Å². The first-order chi connectivity index (χ1) is 9.49. The SMILES string of the molecule is Cc1ccc(CNc2nnc(C)c(C)c2C(N)=S)cn1. The number of thiocarbonyl (C=S) groups is 1. The van der Waals surface area contributed by atoms with E-state index in [0.717, 1.165) is 28.1 Å². The van der Waals surface area contributed by atoms with Crippen molar-refractivity contribution in [2.75, 3.05) is 5.32 Å². The molecule has 3 N–H and O–H groups in total. The summed E-state index contributed by atoms with van der Waals surface area (Å²) < 4.78 is 0. The Kier molecular flexibility index (Phi) is 4.24. The van der Waals surface area contributed by atoms with E-state index in [1.807, 2.05) is 39.1 Å². The Balaban J connectivity index is 2.23. The lowest BCUT2D eigenvalue weighted by molar-refractivity contribution is 0.941.